The lowest BCUT2D eigenvalue weighted by Crippen LogP contribution is -2.41. The Morgan fingerprint density at radius 2 is 2.04 bits per heavy atom. The van der Waals surface area contributed by atoms with E-state index in [1.165, 1.54) is 12.8 Å². The molecule has 0 amide bonds. The molecule has 1 fully saturated rings. The van der Waals surface area contributed by atoms with Gasteiger partial charge in [-0.3, -0.25) is 9.58 Å². The van der Waals surface area contributed by atoms with Gasteiger partial charge < -0.3 is 9.42 Å². The van der Waals surface area contributed by atoms with Crippen LogP contribution in [-0.2, 0) is 13.6 Å². The molecular formula is C18H28ClN5O. The van der Waals surface area contributed by atoms with Gasteiger partial charge in [-0.05, 0) is 59.8 Å². The van der Waals surface area contributed by atoms with Gasteiger partial charge in [-0.25, -0.2) is 0 Å². The maximum Gasteiger partial charge on any atom is 0.134 e. The molecule has 6 nitrogen and oxygen atoms in total. The molecule has 138 valence electrons. The maximum absolute atomic E-state index is 6.52. The van der Waals surface area contributed by atoms with E-state index < -0.39 is 0 Å². The molecule has 0 saturated carbocycles. The standard InChI is InChI=1S/C18H28ClN5O/c1-12-10-16(21-25-12)17-15(18(19)23(5)20-17)11-24-8-6-14(7-9-24)13(2)22(3)4/h10,13-14H,6-9,11H2,1-5H3/t13-/m1/s1. The number of halogens is 1. The summed E-state index contributed by atoms with van der Waals surface area (Å²) in [4.78, 5) is 4.79. The van der Waals surface area contributed by atoms with Crippen molar-refractivity contribution < 1.29 is 4.52 Å². The lowest BCUT2D eigenvalue weighted by molar-refractivity contribution is 0.121. The SMILES string of the molecule is Cc1cc(-c2nn(C)c(Cl)c2CN2CCC([C@@H](C)N(C)C)CC2)no1. The minimum absolute atomic E-state index is 0.623. The molecule has 0 spiro atoms. The molecule has 0 unspecified atom stereocenters. The first-order valence-corrected chi connectivity index (χ1v) is 9.28. The van der Waals surface area contributed by atoms with Gasteiger partial charge in [0.1, 0.15) is 22.3 Å². The van der Waals surface area contributed by atoms with E-state index in [-0.39, 0.29) is 0 Å². The van der Waals surface area contributed by atoms with Crippen LogP contribution < -0.4 is 0 Å². The van der Waals surface area contributed by atoms with Crippen LogP contribution in [0.4, 0.5) is 0 Å². The summed E-state index contributed by atoms with van der Waals surface area (Å²) in [5.74, 6) is 1.54. The Morgan fingerprint density at radius 1 is 1.36 bits per heavy atom. The van der Waals surface area contributed by atoms with Crippen LogP contribution in [-0.4, -0.2) is 58.0 Å². The van der Waals surface area contributed by atoms with E-state index in [2.05, 4.69) is 41.1 Å². The lowest BCUT2D eigenvalue weighted by Gasteiger charge is -2.37. The number of hydrogen-bond acceptors (Lipinski definition) is 5. The predicted molar refractivity (Wildman–Crippen MR) is 99.6 cm³/mol. The second kappa shape index (κ2) is 7.48. The van der Waals surface area contributed by atoms with Crippen LogP contribution in [0.3, 0.4) is 0 Å². The highest BCUT2D eigenvalue weighted by Gasteiger charge is 2.27. The molecule has 3 heterocycles. The third-order valence-electron chi connectivity index (χ3n) is 5.45. The first kappa shape index (κ1) is 18.4. The molecule has 1 aliphatic heterocycles. The van der Waals surface area contributed by atoms with Crippen LogP contribution in [0.2, 0.25) is 5.15 Å². The Bertz CT molecular complexity index is 715. The molecule has 1 atom stereocenters. The third kappa shape index (κ3) is 3.91. The maximum atomic E-state index is 6.52. The van der Waals surface area contributed by atoms with Gasteiger partial charge in [-0.2, -0.15) is 5.10 Å². The number of piperidine rings is 1. The van der Waals surface area contributed by atoms with Crippen LogP contribution >= 0.6 is 11.6 Å². The second-order valence-corrected chi connectivity index (χ2v) is 7.74. The molecule has 1 aliphatic rings. The van der Waals surface area contributed by atoms with Crippen molar-refractivity contribution in [1.82, 2.24) is 24.7 Å². The van der Waals surface area contributed by atoms with E-state index in [0.29, 0.717) is 11.2 Å². The predicted octanol–water partition coefficient (Wildman–Crippen LogP) is 3.20. The van der Waals surface area contributed by atoms with Crippen molar-refractivity contribution in [3.63, 3.8) is 0 Å². The Labute approximate surface area is 154 Å². The molecule has 0 N–H and O–H groups in total. The molecule has 0 aromatic carbocycles. The molecular weight excluding hydrogens is 338 g/mol. The largest absolute Gasteiger partial charge is 0.361 e. The van der Waals surface area contributed by atoms with Gasteiger partial charge in [0.25, 0.3) is 0 Å². The topological polar surface area (TPSA) is 50.3 Å². The summed E-state index contributed by atoms with van der Waals surface area (Å²) < 4.78 is 6.93. The van der Waals surface area contributed by atoms with Gasteiger partial charge in [0.05, 0.1) is 0 Å². The van der Waals surface area contributed by atoms with Crippen LogP contribution in [0, 0.1) is 12.8 Å². The Morgan fingerprint density at radius 3 is 2.60 bits per heavy atom. The van der Waals surface area contributed by atoms with Crippen molar-refractivity contribution >= 4 is 11.6 Å². The smallest absolute Gasteiger partial charge is 0.134 e. The summed E-state index contributed by atoms with van der Waals surface area (Å²) in [6.45, 7) is 7.19. The quantitative estimate of drug-likeness (QED) is 0.814. The normalized spacial score (nSPS) is 18.2. The minimum Gasteiger partial charge on any atom is -0.361 e. The molecule has 2 aromatic rings. The van der Waals surface area contributed by atoms with Gasteiger partial charge in [-0.15, -0.1) is 0 Å². The summed E-state index contributed by atoms with van der Waals surface area (Å²) >= 11 is 6.52. The molecule has 0 aliphatic carbocycles. The zero-order valence-corrected chi connectivity index (χ0v) is 16.5. The third-order valence-corrected chi connectivity index (χ3v) is 5.92. The van der Waals surface area contributed by atoms with Crippen molar-refractivity contribution in [3.05, 3.63) is 22.5 Å². The molecule has 25 heavy (non-hydrogen) atoms. The molecule has 0 bridgehead atoms. The van der Waals surface area contributed by atoms with Gasteiger partial charge in [0.2, 0.25) is 0 Å². The van der Waals surface area contributed by atoms with E-state index in [1.54, 1.807) is 4.68 Å². The highest BCUT2D eigenvalue weighted by Crippen LogP contribution is 2.31. The molecule has 7 heteroatoms. The highest BCUT2D eigenvalue weighted by atomic mass is 35.5. The van der Waals surface area contributed by atoms with Crippen molar-refractivity contribution in [2.45, 2.75) is 39.3 Å². The van der Waals surface area contributed by atoms with Gasteiger partial charge in [0.15, 0.2) is 0 Å². The monoisotopic (exact) mass is 365 g/mol. The van der Waals surface area contributed by atoms with Crippen LogP contribution in [0.25, 0.3) is 11.4 Å². The van der Waals surface area contributed by atoms with Crippen molar-refractivity contribution in [1.29, 1.82) is 0 Å². The number of likely N-dealkylation sites (tertiary alicyclic amines) is 1. The van der Waals surface area contributed by atoms with Crippen molar-refractivity contribution in [3.8, 4) is 11.4 Å². The summed E-state index contributed by atoms with van der Waals surface area (Å²) in [6.07, 6.45) is 2.44. The fraction of sp³-hybridized carbons (Fsp3) is 0.667. The van der Waals surface area contributed by atoms with E-state index in [9.17, 15) is 0 Å². The number of rotatable bonds is 5. The first-order valence-electron chi connectivity index (χ1n) is 8.90. The van der Waals surface area contributed by atoms with Crippen LogP contribution in [0.5, 0.6) is 0 Å². The summed E-state index contributed by atoms with van der Waals surface area (Å²) in [5, 5.41) is 9.35. The lowest BCUT2D eigenvalue weighted by atomic mass is 9.89. The molecule has 3 rings (SSSR count). The first-order chi connectivity index (χ1) is 11.9. The Kier molecular flexibility index (Phi) is 5.51. The average molecular weight is 366 g/mol. The van der Waals surface area contributed by atoms with E-state index in [1.807, 2.05) is 20.0 Å². The zero-order valence-electron chi connectivity index (χ0n) is 15.8. The van der Waals surface area contributed by atoms with Gasteiger partial charge >= 0.3 is 0 Å². The second-order valence-electron chi connectivity index (χ2n) is 7.38. The molecule has 2 aromatic heterocycles. The molecule has 0 radical (unpaired) electrons. The number of nitrogens with zero attached hydrogens (tertiary/aromatic N) is 5. The average Bonchev–Trinajstić information content (AvgIpc) is 3.13. The van der Waals surface area contributed by atoms with E-state index >= 15 is 0 Å². The number of hydrogen-bond donors (Lipinski definition) is 0. The van der Waals surface area contributed by atoms with Crippen LogP contribution in [0.15, 0.2) is 10.6 Å². The Balaban J connectivity index is 1.72. The van der Waals surface area contributed by atoms with Gasteiger partial charge in [-0.1, -0.05) is 16.8 Å². The summed E-state index contributed by atoms with van der Waals surface area (Å²) in [6, 6.07) is 2.53. The number of aryl methyl sites for hydroxylation is 2. The highest BCUT2D eigenvalue weighted by molar-refractivity contribution is 6.30. The fourth-order valence-electron chi connectivity index (χ4n) is 3.61. The van der Waals surface area contributed by atoms with Gasteiger partial charge in [0, 0.05) is 31.3 Å². The van der Waals surface area contributed by atoms with E-state index in [4.69, 9.17) is 16.1 Å². The van der Waals surface area contributed by atoms with Crippen molar-refractivity contribution in [2.75, 3.05) is 27.2 Å². The molecule has 1 saturated heterocycles. The minimum atomic E-state index is 0.623. The summed E-state index contributed by atoms with van der Waals surface area (Å²) in [7, 11) is 6.20. The van der Waals surface area contributed by atoms with Crippen molar-refractivity contribution in [2.24, 2.45) is 13.0 Å². The Hall–Kier alpha value is -1.37. The summed E-state index contributed by atoms with van der Waals surface area (Å²) in [5.41, 5.74) is 2.62. The number of aromatic nitrogens is 3. The fourth-order valence-corrected chi connectivity index (χ4v) is 3.80. The van der Waals surface area contributed by atoms with E-state index in [0.717, 1.165) is 48.3 Å². The zero-order chi connectivity index (χ0) is 18.1. The van der Waals surface area contributed by atoms with Crippen LogP contribution in [0.1, 0.15) is 31.1 Å².